The molecule has 1 aromatic rings. The Morgan fingerprint density at radius 2 is 2.28 bits per heavy atom. The molecule has 5 heteroatoms. The lowest BCUT2D eigenvalue weighted by atomic mass is 10.2. The number of pyridine rings is 1. The van der Waals surface area contributed by atoms with Crippen LogP contribution >= 0.6 is 0 Å². The number of aromatic nitrogens is 1. The largest absolute Gasteiger partial charge is 0.478 e. The minimum Gasteiger partial charge on any atom is -0.478 e. The van der Waals surface area contributed by atoms with E-state index in [0.717, 1.165) is 30.9 Å². The number of carbonyl (C=O) groups is 1. The summed E-state index contributed by atoms with van der Waals surface area (Å²) in [6.45, 7) is 3.18. The van der Waals surface area contributed by atoms with Crippen molar-refractivity contribution >= 4 is 11.8 Å². The van der Waals surface area contributed by atoms with Gasteiger partial charge in [-0.15, -0.1) is 0 Å². The van der Waals surface area contributed by atoms with E-state index in [1.54, 1.807) is 19.2 Å². The van der Waals surface area contributed by atoms with Gasteiger partial charge in [-0.1, -0.05) is 0 Å². The van der Waals surface area contributed by atoms with Crippen molar-refractivity contribution < 1.29 is 14.6 Å². The van der Waals surface area contributed by atoms with Crippen molar-refractivity contribution in [3.63, 3.8) is 0 Å². The molecule has 0 aliphatic heterocycles. The second-order valence-electron chi connectivity index (χ2n) is 4.58. The molecule has 1 heterocycles. The fourth-order valence-corrected chi connectivity index (χ4v) is 1.98. The van der Waals surface area contributed by atoms with Crippen LogP contribution < -0.4 is 4.90 Å². The van der Waals surface area contributed by atoms with Crippen LogP contribution in [0.4, 0.5) is 5.82 Å². The maximum Gasteiger partial charge on any atom is 0.335 e. The smallest absolute Gasteiger partial charge is 0.335 e. The SMILES string of the molecule is COCCN(c1cc(C(=O)O)cc(C)n1)C1CC1. The zero-order valence-electron chi connectivity index (χ0n) is 10.7. The Labute approximate surface area is 106 Å². The number of ether oxygens (including phenoxy) is 1. The molecule has 98 valence electrons. The van der Waals surface area contributed by atoms with E-state index in [-0.39, 0.29) is 0 Å². The van der Waals surface area contributed by atoms with Gasteiger partial charge in [0.25, 0.3) is 0 Å². The molecule has 18 heavy (non-hydrogen) atoms. The first-order valence-electron chi connectivity index (χ1n) is 6.09. The van der Waals surface area contributed by atoms with E-state index < -0.39 is 5.97 Å². The third-order valence-corrected chi connectivity index (χ3v) is 3.01. The molecule has 0 unspecified atom stereocenters. The number of aromatic carboxylic acids is 1. The van der Waals surface area contributed by atoms with Gasteiger partial charge in [0.1, 0.15) is 5.82 Å². The van der Waals surface area contributed by atoms with Crippen LogP contribution in [0.15, 0.2) is 12.1 Å². The zero-order chi connectivity index (χ0) is 13.1. The summed E-state index contributed by atoms with van der Waals surface area (Å²) >= 11 is 0. The lowest BCUT2D eigenvalue weighted by Gasteiger charge is -2.23. The van der Waals surface area contributed by atoms with Gasteiger partial charge < -0.3 is 14.7 Å². The third kappa shape index (κ3) is 2.98. The first-order valence-corrected chi connectivity index (χ1v) is 6.09. The van der Waals surface area contributed by atoms with E-state index in [0.29, 0.717) is 18.2 Å². The van der Waals surface area contributed by atoms with Gasteiger partial charge in [0.2, 0.25) is 0 Å². The highest BCUT2D eigenvalue weighted by Gasteiger charge is 2.30. The number of rotatable bonds is 6. The number of hydrogen-bond acceptors (Lipinski definition) is 4. The molecule has 0 saturated heterocycles. The first kappa shape index (κ1) is 12.8. The minimum absolute atomic E-state index is 0.292. The summed E-state index contributed by atoms with van der Waals surface area (Å²) in [5.41, 5.74) is 1.02. The van der Waals surface area contributed by atoms with Gasteiger partial charge >= 0.3 is 5.97 Å². The first-order chi connectivity index (χ1) is 8.61. The highest BCUT2D eigenvalue weighted by Crippen LogP contribution is 2.31. The van der Waals surface area contributed by atoms with E-state index in [1.807, 2.05) is 6.92 Å². The molecule has 1 N–H and O–H groups in total. The van der Waals surface area contributed by atoms with Crippen molar-refractivity contribution in [1.82, 2.24) is 4.98 Å². The van der Waals surface area contributed by atoms with Gasteiger partial charge in [-0.25, -0.2) is 9.78 Å². The molecule has 0 aromatic carbocycles. The van der Waals surface area contributed by atoms with Crippen molar-refractivity contribution in [2.75, 3.05) is 25.2 Å². The minimum atomic E-state index is -0.913. The molecule has 0 radical (unpaired) electrons. The van der Waals surface area contributed by atoms with Crippen LogP contribution in [0.5, 0.6) is 0 Å². The molecule has 1 aliphatic rings. The molecule has 0 bridgehead atoms. The summed E-state index contributed by atoms with van der Waals surface area (Å²) in [7, 11) is 1.66. The third-order valence-electron chi connectivity index (χ3n) is 3.01. The summed E-state index contributed by atoms with van der Waals surface area (Å²) in [4.78, 5) is 17.6. The van der Waals surface area contributed by atoms with Crippen LogP contribution in [0.3, 0.4) is 0 Å². The van der Waals surface area contributed by atoms with Crippen LogP contribution in [0, 0.1) is 6.92 Å². The second-order valence-corrected chi connectivity index (χ2v) is 4.58. The predicted octanol–water partition coefficient (Wildman–Crippen LogP) is 1.70. The van der Waals surface area contributed by atoms with Crippen LogP contribution in [0.2, 0.25) is 0 Å². The molecular formula is C13H18N2O3. The summed E-state index contributed by atoms with van der Waals surface area (Å²) in [5.74, 6) is -0.170. The Kier molecular flexibility index (Phi) is 3.81. The second kappa shape index (κ2) is 5.35. The average molecular weight is 250 g/mol. The molecular weight excluding hydrogens is 232 g/mol. The van der Waals surface area contributed by atoms with Crippen LogP contribution in [0.1, 0.15) is 28.9 Å². The highest BCUT2D eigenvalue weighted by atomic mass is 16.5. The Bertz CT molecular complexity index is 444. The molecule has 0 spiro atoms. The van der Waals surface area contributed by atoms with Crippen molar-refractivity contribution in [2.24, 2.45) is 0 Å². The number of aryl methyl sites for hydroxylation is 1. The topological polar surface area (TPSA) is 62.7 Å². The molecule has 2 rings (SSSR count). The number of methoxy groups -OCH3 is 1. The molecule has 1 aliphatic carbocycles. The summed E-state index contributed by atoms with van der Waals surface area (Å²) < 4.78 is 5.09. The quantitative estimate of drug-likeness (QED) is 0.832. The van der Waals surface area contributed by atoms with Crippen molar-refractivity contribution in [2.45, 2.75) is 25.8 Å². The van der Waals surface area contributed by atoms with E-state index >= 15 is 0 Å². The van der Waals surface area contributed by atoms with E-state index in [1.165, 1.54) is 0 Å². The van der Waals surface area contributed by atoms with Gasteiger partial charge in [0.05, 0.1) is 12.2 Å². The maximum absolute atomic E-state index is 11.1. The predicted molar refractivity (Wildman–Crippen MR) is 68.2 cm³/mol. The van der Waals surface area contributed by atoms with E-state index in [2.05, 4.69) is 9.88 Å². The van der Waals surface area contributed by atoms with Crippen LogP contribution in [0.25, 0.3) is 0 Å². The molecule has 1 aromatic heterocycles. The number of nitrogens with zero attached hydrogens (tertiary/aromatic N) is 2. The number of hydrogen-bond donors (Lipinski definition) is 1. The summed E-state index contributed by atoms with van der Waals surface area (Å²) in [6, 6.07) is 3.72. The molecule has 0 amide bonds. The Hall–Kier alpha value is -1.62. The maximum atomic E-state index is 11.1. The zero-order valence-corrected chi connectivity index (χ0v) is 10.7. The van der Waals surface area contributed by atoms with Gasteiger partial charge in [0.15, 0.2) is 0 Å². The van der Waals surface area contributed by atoms with Crippen molar-refractivity contribution in [3.8, 4) is 0 Å². The molecule has 1 fully saturated rings. The van der Waals surface area contributed by atoms with Gasteiger partial charge in [-0.2, -0.15) is 0 Å². The summed E-state index contributed by atoms with van der Waals surface area (Å²) in [5, 5.41) is 9.07. The van der Waals surface area contributed by atoms with Crippen molar-refractivity contribution in [3.05, 3.63) is 23.4 Å². The van der Waals surface area contributed by atoms with Crippen molar-refractivity contribution in [1.29, 1.82) is 0 Å². The van der Waals surface area contributed by atoms with Gasteiger partial charge in [0, 0.05) is 25.4 Å². The number of anilines is 1. The molecule has 1 saturated carbocycles. The normalized spacial score (nSPS) is 14.6. The van der Waals surface area contributed by atoms with E-state index in [4.69, 9.17) is 9.84 Å². The standard InChI is InChI=1S/C13H18N2O3/c1-9-7-10(13(16)17)8-12(14-9)15(5-6-18-2)11-3-4-11/h7-8,11H,3-6H2,1-2H3,(H,16,17). The van der Waals surface area contributed by atoms with E-state index in [9.17, 15) is 4.79 Å². The summed E-state index contributed by atoms with van der Waals surface area (Å²) in [6.07, 6.45) is 2.28. The fourth-order valence-electron chi connectivity index (χ4n) is 1.98. The lowest BCUT2D eigenvalue weighted by molar-refractivity contribution is 0.0696. The molecule has 0 atom stereocenters. The van der Waals surface area contributed by atoms with Gasteiger partial charge in [-0.05, 0) is 31.9 Å². The average Bonchev–Trinajstić information content (AvgIpc) is 3.13. The number of carboxylic acid groups (broad SMARTS) is 1. The lowest BCUT2D eigenvalue weighted by Crippen LogP contribution is -2.30. The Balaban J connectivity index is 2.25. The Morgan fingerprint density at radius 3 is 2.83 bits per heavy atom. The van der Waals surface area contributed by atoms with Crippen LogP contribution in [-0.2, 0) is 4.74 Å². The fraction of sp³-hybridized carbons (Fsp3) is 0.538. The molecule has 5 nitrogen and oxygen atoms in total. The highest BCUT2D eigenvalue weighted by molar-refractivity contribution is 5.88. The Morgan fingerprint density at radius 1 is 1.56 bits per heavy atom. The van der Waals surface area contributed by atoms with Gasteiger partial charge in [-0.3, -0.25) is 0 Å². The number of carboxylic acids is 1. The van der Waals surface area contributed by atoms with Crippen LogP contribution in [-0.4, -0.2) is 42.4 Å². The monoisotopic (exact) mass is 250 g/mol.